The summed E-state index contributed by atoms with van der Waals surface area (Å²) in [4.78, 5) is 55.2. The summed E-state index contributed by atoms with van der Waals surface area (Å²) in [7, 11) is 0. The smallest absolute Gasteiger partial charge is 0.255 e. The molecule has 0 aliphatic carbocycles. The van der Waals surface area contributed by atoms with Crippen LogP contribution in [-0.2, 0) is 27.5 Å². The van der Waals surface area contributed by atoms with Crippen molar-refractivity contribution in [1.82, 2.24) is 25.3 Å². The maximum Gasteiger partial charge on any atom is 0.255 e. The summed E-state index contributed by atoms with van der Waals surface area (Å²) >= 11 is 0. The molecule has 170 valence electrons. The molecule has 1 aromatic rings. The van der Waals surface area contributed by atoms with Crippen LogP contribution in [0.3, 0.4) is 0 Å². The molecule has 9 nitrogen and oxygen atoms in total. The summed E-state index contributed by atoms with van der Waals surface area (Å²) < 4.78 is 0. The van der Waals surface area contributed by atoms with E-state index in [2.05, 4.69) is 15.5 Å². The lowest BCUT2D eigenvalue weighted by molar-refractivity contribution is -0.137. The lowest BCUT2D eigenvalue weighted by Crippen LogP contribution is -2.55. The van der Waals surface area contributed by atoms with Gasteiger partial charge in [-0.25, -0.2) is 0 Å². The molecule has 32 heavy (non-hydrogen) atoms. The Hall–Kier alpha value is -2.78. The fourth-order valence-corrected chi connectivity index (χ4v) is 5.46. The number of piperidine rings is 2. The zero-order chi connectivity index (χ0) is 22.2. The molecule has 9 heteroatoms. The van der Waals surface area contributed by atoms with E-state index in [1.807, 2.05) is 23.1 Å². The average Bonchev–Trinajstić information content (AvgIpc) is 3.12. The highest BCUT2D eigenvalue weighted by Crippen LogP contribution is 2.31. The van der Waals surface area contributed by atoms with E-state index in [9.17, 15) is 19.2 Å². The van der Waals surface area contributed by atoms with Crippen LogP contribution >= 0.6 is 0 Å². The number of likely N-dealkylation sites (tertiary alicyclic amines) is 1. The lowest BCUT2D eigenvalue weighted by atomic mass is 9.99. The molecule has 0 bridgehead atoms. The molecule has 0 spiro atoms. The number of imide groups is 1. The maximum atomic E-state index is 13.3. The van der Waals surface area contributed by atoms with Gasteiger partial charge in [0, 0.05) is 57.3 Å². The first kappa shape index (κ1) is 21.1. The molecule has 2 N–H and O–H groups in total. The summed E-state index contributed by atoms with van der Waals surface area (Å²) in [6.45, 7) is 4.92. The Labute approximate surface area is 187 Å². The molecule has 0 radical (unpaired) electrons. The number of hydrogen-bond acceptors (Lipinski definition) is 6. The molecule has 3 saturated heterocycles. The summed E-state index contributed by atoms with van der Waals surface area (Å²) in [5.74, 6) is -0.586. The highest BCUT2D eigenvalue weighted by atomic mass is 16.2. The van der Waals surface area contributed by atoms with Crippen LogP contribution in [0.15, 0.2) is 18.2 Å². The predicted octanol–water partition coefficient (Wildman–Crippen LogP) is -0.156. The second-order valence-corrected chi connectivity index (χ2v) is 9.12. The Balaban J connectivity index is 1.24. The number of fused-ring (bicyclic) bond motifs is 1. The quantitative estimate of drug-likeness (QED) is 0.633. The van der Waals surface area contributed by atoms with Crippen molar-refractivity contribution in [2.75, 3.05) is 32.7 Å². The van der Waals surface area contributed by atoms with Gasteiger partial charge in [-0.05, 0) is 30.4 Å². The van der Waals surface area contributed by atoms with Crippen LogP contribution in [0.1, 0.15) is 47.2 Å². The van der Waals surface area contributed by atoms with Gasteiger partial charge in [-0.3, -0.25) is 29.4 Å². The number of amides is 4. The summed E-state index contributed by atoms with van der Waals surface area (Å²) in [5, 5.41) is 5.48. The van der Waals surface area contributed by atoms with E-state index < -0.39 is 6.04 Å². The van der Waals surface area contributed by atoms with Crippen LogP contribution in [0.2, 0.25) is 0 Å². The van der Waals surface area contributed by atoms with Crippen LogP contribution in [0.5, 0.6) is 0 Å². The number of nitrogens with one attached hydrogen (secondary N) is 2. The van der Waals surface area contributed by atoms with E-state index in [4.69, 9.17) is 0 Å². The molecule has 4 aliphatic rings. The van der Waals surface area contributed by atoms with Gasteiger partial charge in [0.05, 0.1) is 6.54 Å². The van der Waals surface area contributed by atoms with Crippen LogP contribution in [-0.4, -0.2) is 83.1 Å². The van der Waals surface area contributed by atoms with Crippen LogP contribution in [0, 0.1) is 0 Å². The highest BCUT2D eigenvalue weighted by molar-refractivity contribution is 6.06. The van der Waals surface area contributed by atoms with Gasteiger partial charge in [-0.15, -0.1) is 0 Å². The number of carbonyl (C=O) groups excluding carboxylic acids is 4. The molecule has 0 saturated carbocycles. The third-order valence-corrected chi connectivity index (χ3v) is 7.16. The number of rotatable bonds is 4. The molecule has 5 rings (SSSR count). The predicted molar refractivity (Wildman–Crippen MR) is 115 cm³/mol. The fraction of sp³-hybridized carbons (Fsp3) is 0.565. The minimum Gasteiger partial charge on any atom is -0.337 e. The van der Waals surface area contributed by atoms with Crippen molar-refractivity contribution < 1.29 is 19.2 Å². The number of benzene rings is 1. The van der Waals surface area contributed by atoms with Gasteiger partial charge in [0.2, 0.25) is 17.7 Å². The van der Waals surface area contributed by atoms with E-state index in [0.717, 1.165) is 50.1 Å². The molecule has 4 aliphatic heterocycles. The van der Waals surface area contributed by atoms with Gasteiger partial charge in [0.1, 0.15) is 6.04 Å². The molecule has 4 heterocycles. The number of piperazine rings is 1. The highest BCUT2D eigenvalue weighted by Gasteiger charge is 2.40. The molecule has 4 amide bonds. The molecule has 1 aromatic carbocycles. The Morgan fingerprint density at radius 3 is 2.53 bits per heavy atom. The number of hydrogen-bond donors (Lipinski definition) is 2. The average molecular weight is 440 g/mol. The zero-order valence-electron chi connectivity index (χ0n) is 18.1. The fourth-order valence-electron chi connectivity index (χ4n) is 5.46. The summed E-state index contributed by atoms with van der Waals surface area (Å²) in [6.07, 6.45) is 2.51. The molecule has 1 atom stereocenters. The molecular weight excluding hydrogens is 410 g/mol. The number of carbonyl (C=O) groups is 4. The Kier molecular flexibility index (Phi) is 5.69. The first-order chi connectivity index (χ1) is 15.5. The Morgan fingerprint density at radius 1 is 0.969 bits per heavy atom. The molecular formula is C23H29N5O4. The standard InChI is InChI=1S/C23H29N5O4/c29-19-5-4-18(22(31)25-19)28-14-16-3-1-2-15(21(16)23(28)32)13-26-9-6-17(7-10-26)27-11-8-24-12-20(27)30/h1-3,17-18,24H,4-14H2,(H,25,29,31). The second-order valence-electron chi connectivity index (χ2n) is 9.12. The van der Waals surface area contributed by atoms with Crippen molar-refractivity contribution in [1.29, 1.82) is 0 Å². The first-order valence-corrected chi connectivity index (χ1v) is 11.5. The first-order valence-electron chi connectivity index (χ1n) is 11.5. The van der Waals surface area contributed by atoms with Gasteiger partial charge in [-0.1, -0.05) is 18.2 Å². The SMILES string of the molecule is O=C1CCC(N2Cc3cccc(CN4CCC(N5CCNCC5=O)CC4)c3C2=O)C(=O)N1. The van der Waals surface area contributed by atoms with E-state index in [1.165, 1.54) is 0 Å². The van der Waals surface area contributed by atoms with Crippen molar-refractivity contribution in [2.24, 2.45) is 0 Å². The van der Waals surface area contributed by atoms with E-state index in [-0.39, 0.29) is 30.0 Å². The van der Waals surface area contributed by atoms with Gasteiger partial charge in [-0.2, -0.15) is 0 Å². The van der Waals surface area contributed by atoms with Crippen molar-refractivity contribution in [3.63, 3.8) is 0 Å². The van der Waals surface area contributed by atoms with Crippen molar-refractivity contribution in [3.8, 4) is 0 Å². The molecule has 0 aromatic heterocycles. The Bertz CT molecular complexity index is 956. The third-order valence-electron chi connectivity index (χ3n) is 7.16. The van der Waals surface area contributed by atoms with E-state index in [0.29, 0.717) is 37.7 Å². The van der Waals surface area contributed by atoms with Crippen LogP contribution in [0.25, 0.3) is 0 Å². The summed E-state index contributed by atoms with van der Waals surface area (Å²) in [5.41, 5.74) is 2.63. The zero-order valence-corrected chi connectivity index (χ0v) is 18.1. The topological polar surface area (TPSA) is 102 Å². The van der Waals surface area contributed by atoms with E-state index >= 15 is 0 Å². The largest absolute Gasteiger partial charge is 0.337 e. The minimum atomic E-state index is -0.590. The van der Waals surface area contributed by atoms with Crippen molar-refractivity contribution >= 4 is 23.6 Å². The molecule has 3 fully saturated rings. The number of nitrogens with zero attached hydrogens (tertiary/aromatic N) is 3. The Morgan fingerprint density at radius 2 is 1.78 bits per heavy atom. The maximum absolute atomic E-state index is 13.3. The van der Waals surface area contributed by atoms with Gasteiger partial charge in [0.25, 0.3) is 5.91 Å². The summed E-state index contributed by atoms with van der Waals surface area (Å²) in [6, 6.07) is 5.63. The monoisotopic (exact) mass is 439 g/mol. The van der Waals surface area contributed by atoms with Gasteiger partial charge < -0.3 is 15.1 Å². The van der Waals surface area contributed by atoms with Gasteiger partial charge >= 0.3 is 0 Å². The van der Waals surface area contributed by atoms with Crippen LogP contribution in [0.4, 0.5) is 0 Å². The normalized spacial score (nSPS) is 25.3. The minimum absolute atomic E-state index is 0.119. The van der Waals surface area contributed by atoms with Crippen molar-refractivity contribution in [3.05, 3.63) is 34.9 Å². The van der Waals surface area contributed by atoms with Gasteiger partial charge in [0.15, 0.2) is 0 Å². The van der Waals surface area contributed by atoms with Crippen molar-refractivity contribution in [2.45, 2.75) is 50.9 Å². The second kappa shape index (κ2) is 8.63. The third kappa shape index (κ3) is 3.91. The molecule has 1 unspecified atom stereocenters. The van der Waals surface area contributed by atoms with E-state index in [1.54, 1.807) is 4.90 Å². The lowest BCUT2D eigenvalue weighted by Gasteiger charge is -2.40. The van der Waals surface area contributed by atoms with Crippen LogP contribution < -0.4 is 10.6 Å².